The molecule has 4 N–H and O–H groups in total. The molecule has 0 aromatic carbocycles. The Bertz CT molecular complexity index is 780. The molecule has 0 aromatic rings. The number of nitrogens with two attached hydrogens (primary N) is 1. The Morgan fingerprint density at radius 1 is 1.13 bits per heavy atom. The van der Waals surface area contributed by atoms with Gasteiger partial charge >= 0.3 is 6.09 Å². The van der Waals surface area contributed by atoms with Gasteiger partial charge in [-0.05, 0) is 57.8 Å². The van der Waals surface area contributed by atoms with Crippen molar-refractivity contribution in [2.24, 2.45) is 11.7 Å². The summed E-state index contributed by atoms with van der Waals surface area (Å²) in [6, 6.07) is -0.468. The van der Waals surface area contributed by atoms with E-state index in [0.717, 1.165) is 38.5 Å². The molecular weight excluding hydrogens is 400 g/mol. The second-order valence-corrected chi connectivity index (χ2v) is 9.20. The third kappa shape index (κ3) is 4.85. The maximum absolute atomic E-state index is 13.2. The minimum Gasteiger partial charge on any atom is -0.436 e. The highest BCUT2D eigenvalue weighted by Crippen LogP contribution is 2.46. The molecule has 4 amide bonds. The smallest absolute Gasteiger partial charge is 0.405 e. The molecular formula is C22H32N4O5. The first-order valence-corrected chi connectivity index (χ1v) is 11.5. The Labute approximate surface area is 182 Å². The van der Waals surface area contributed by atoms with Crippen LogP contribution >= 0.6 is 0 Å². The Hall–Kier alpha value is -2.58. The van der Waals surface area contributed by atoms with Crippen LogP contribution in [-0.2, 0) is 19.1 Å². The highest BCUT2D eigenvalue weighted by molar-refractivity contribution is 5.98. The molecule has 4 aliphatic rings. The van der Waals surface area contributed by atoms with E-state index in [0.29, 0.717) is 32.2 Å². The SMILES string of the molecule is NC(=O)OC1CCCCC/C=C/C2CC2(C(=O)NC2CC2)NC(=O)C2CCCN2C1=O. The standard InChI is InChI=1S/C22H32N4O5/c23-21(30)31-17-9-5-3-1-2-4-7-14-13-22(14,20(29)24-15-10-11-15)25-18(27)16-8-6-12-26(16)19(17)28/h4,7,14-17H,1-3,5-6,8-13H2,(H2,23,30)(H,24,29)(H,25,27)/b7-4+. The largest absolute Gasteiger partial charge is 0.436 e. The lowest BCUT2D eigenvalue weighted by Crippen LogP contribution is -2.57. The van der Waals surface area contributed by atoms with Crippen molar-refractivity contribution in [1.82, 2.24) is 15.5 Å². The molecule has 3 fully saturated rings. The molecule has 4 unspecified atom stereocenters. The zero-order valence-corrected chi connectivity index (χ0v) is 17.8. The Morgan fingerprint density at radius 3 is 2.68 bits per heavy atom. The van der Waals surface area contributed by atoms with Gasteiger partial charge in [-0.3, -0.25) is 14.4 Å². The number of amides is 4. The maximum Gasteiger partial charge on any atom is 0.405 e. The van der Waals surface area contributed by atoms with E-state index in [9.17, 15) is 19.2 Å². The molecule has 0 bridgehead atoms. The lowest BCUT2D eigenvalue weighted by atomic mass is 10.1. The molecule has 2 aliphatic carbocycles. The van der Waals surface area contributed by atoms with Crippen LogP contribution in [-0.4, -0.2) is 59.0 Å². The van der Waals surface area contributed by atoms with Gasteiger partial charge in [0.2, 0.25) is 11.8 Å². The van der Waals surface area contributed by atoms with E-state index >= 15 is 0 Å². The predicted molar refractivity (Wildman–Crippen MR) is 112 cm³/mol. The van der Waals surface area contributed by atoms with Crippen molar-refractivity contribution in [3.05, 3.63) is 12.2 Å². The van der Waals surface area contributed by atoms with Gasteiger partial charge in [-0.2, -0.15) is 0 Å². The van der Waals surface area contributed by atoms with Crippen molar-refractivity contribution >= 4 is 23.8 Å². The van der Waals surface area contributed by atoms with Gasteiger partial charge in [0, 0.05) is 18.5 Å². The second kappa shape index (κ2) is 8.88. The summed E-state index contributed by atoms with van der Waals surface area (Å²) >= 11 is 0. The second-order valence-electron chi connectivity index (χ2n) is 9.20. The number of allylic oxidation sites excluding steroid dienone is 1. The molecule has 170 valence electrons. The average molecular weight is 433 g/mol. The van der Waals surface area contributed by atoms with Crippen LogP contribution in [0.2, 0.25) is 0 Å². The summed E-state index contributed by atoms with van der Waals surface area (Å²) in [7, 11) is 0. The number of carbonyl (C=O) groups is 4. The van der Waals surface area contributed by atoms with Crippen LogP contribution in [0.5, 0.6) is 0 Å². The van der Waals surface area contributed by atoms with Crippen LogP contribution < -0.4 is 16.4 Å². The van der Waals surface area contributed by atoms with Crippen LogP contribution in [0.15, 0.2) is 12.2 Å². The summed E-state index contributed by atoms with van der Waals surface area (Å²) in [4.78, 5) is 52.1. The lowest BCUT2D eigenvalue weighted by molar-refractivity contribution is -0.146. The average Bonchev–Trinajstić information content (AvgIpc) is 3.61. The normalized spacial score (nSPS) is 35.0. The summed E-state index contributed by atoms with van der Waals surface area (Å²) < 4.78 is 5.11. The fourth-order valence-electron chi connectivity index (χ4n) is 4.72. The number of rotatable bonds is 3. The van der Waals surface area contributed by atoms with Crippen LogP contribution in [0.3, 0.4) is 0 Å². The molecule has 0 aromatic heterocycles. The Morgan fingerprint density at radius 2 is 1.94 bits per heavy atom. The van der Waals surface area contributed by atoms with Crippen LogP contribution in [0.1, 0.15) is 64.2 Å². The summed E-state index contributed by atoms with van der Waals surface area (Å²) in [5, 5.41) is 6.02. The molecule has 9 nitrogen and oxygen atoms in total. The number of fused-ring (bicyclic) bond motifs is 2. The van der Waals surface area contributed by atoms with Gasteiger partial charge in [0.05, 0.1) is 0 Å². The van der Waals surface area contributed by atoms with E-state index in [2.05, 4.69) is 16.7 Å². The van der Waals surface area contributed by atoms with Gasteiger partial charge in [-0.25, -0.2) is 4.79 Å². The Kier molecular flexibility index (Phi) is 6.20. The van der Waals surface area contributed by atoms with Gasteiger partial charge in [-0.15, -0.1) is 0 Å². The molecule has 0 radical (unpaired) electrons. The van der Waals surface area contributed by atoms with Gasteiger partial charge in [0.25, 0.3) is 5.91 Å². The van der Waals surface area contributed by atoms with E-state index in [1.807, 2.05) is 6.08 Å². The number of hydrogen-bond acceptors (Lipinski definition) is 5. The van der Waals surface area contributed by atoms with E-state index in [1.165, 1.54) is 4.90 Å². The van der Waals surface area contributed by atoms with Crippen molar-refractivity contribution in [2.75, 3.05) is 6.54 Å². The summed E-state index contributed by atoms with van der Waals surface area (Å²) in [5.41, 5.74) is 4.25. The minimum atomic E-state index is -0.990. The third-order valence-corrected chi connectivity index (χ3v) is 6.76. The highest BCUT2D eigenvalue weighted by atomic mass is 16.6. The van der Waals surface area contributed by atoms with Gasteiger partial charge in [-0.1, -0.05) is 18.6 Å². The van der Waals surface area contributed by atoms with Crippen molar-refractivity contribution in [3.63, 3.8) is 0 Å². The molecule has 2 saturated carbocycles. The first-order valence-electron chi connectivity index (χ1n) is 11.5. The number of ether oxygens (including phenoxy) is 1. The number of carbonyl (C=O) groups excluding carboxylic acids is 4. The molecule has 0 spiro atoms. The lowest BCUT2D eigenvalue weighted by Gasteiger charge is -2.29. The molecule has 9 heteroatoms. The Balaban J connectivity index is 1.55. The van der Waals surface area contributed by atoms with Crippen LogP contribution in [0.4, 0.5) is 4.79 Å². The fraction of sp³-hybridized carbons (Fsp3) is 0.727. The van der Waals surface area contributed by atoms with E-state index in [4.69, 9.17) is 10.5 Å². The summed E-state index contributed by atoms with van der Waals surface area (Å²) in [6.07, 6.45) is 9.64. The molecule has 31 heavy (non-hydrogen) atoms. The molecule has 4 atom stereocenters. The quantitative estimate of drug-likeness (QED) is 0.575. The monoisotopic (exact) mass is 432 g/mol. The van der Waals surface area contributed by atoms with E-state index in [1.54, 1.807) is 0 Å². The summed E-state index contributed by atoms with van der Waals surface area (Å²) in [5.74, 6) is -0.862. The third-order valence-electron chi connectivity index (χ3n) is 6.76. The number of primary amides is 1. The van der Waals surface area contributed by atoms with Crippen molar-refractivity contribution in [3.8, 4) is 0 Å². The number of nitrogens with zero attached hydrogens (tertiary/aromatic N) is 1. The van der Waals surface area contributed by atoms with E-state index < -0.39 is 23.8 Å². The summed E-state index contributed by atoms with van der Waals surface area (Å²) in [6.45, 7) is 0.417. The topological polar surface area (TPSA) is 131 Å². The predicted octanol–water partition coefficient (Wildman–Crippen LogP) is 1.12. The van der Waals surface area contributed by atoms with Crippen molar-refractivity contribution in [1.29, 1.82) is 0 Å². The molecule has 2 heterocycles. The first-order chi connectivity index (χ1) is 14.9. The van der Waals surface area contributed by atoms with Gasteiger partial charge in [0.1, 0.15) is 11.6 Å². The fourth-order valence-corrected chi connectivity index (χ4v) is 4.72. The number of hydrogen-bond donors (Lipinski definition) is 3. The van der Waals surface area contributed by atoms with Gasteiger partial charge in [0.15, 0.2) is 6.10 Å². The zero-order valence-electron chi connectivity index (χ0n) is 17.8. The van der Waals surface area contributed by atoms with Crippen molar-refractivity contribution in [2.45, 2.75) is 87.9 Å². The molecule has 1 saturated heterocycles. The minimum absolute atomic E-state index is 0.0307. The zero-order chi connectivity index (χ0) is 22.0. The van der Waals surface area contributed by atoms with E-state index in [-0.39, 0.29) is 29.7 Å². The molecule has 4 rings (SSSR count). The van der Waals surface area contributed by atoms with Crippen LogP contribution in [0, 0.1) is 5.92 Å². The maximum atomic E-state index is 13.2. The van der Waals surface area contributed by atoms with Gasteiger partial charge < -0.3 is 26.0 Å². The molecule has 2 aliphatic heterocycles. The first kappa shape index (κ1) is 21.6. The van der Waals surface area contributed by atoms with Crippen LogP contribution in [0.25, 0.3) is 0 Å². The van der Waals surface area contributed by atoms with Crippen molar-refractivity contribution < 1.29 is 23.9 Å². The number of nitrogens with one attached hydrogen (secondary N) is 2. The highest BCUT2D eigenvalue weighted by Gasteiger charge is 2.61.